The Morgan fingerprint density at radius 3 is 2.69 bits per heavy atom. The van der Waals surface area contributed by atoms with Gasteiger partial charge in [0.1, 0.15) is 11.6 Å². The van der Waals surface area contributed by atoms with E-state index in [0.717, 1.165) is 10.6 Å². The first-order chi connectivity index (χ1) is 14.0. The van der Waals surface area contributed by atoms with Crippen molar-refractivity contribution in [3.63, 3.8) is 0 Å². The van der Waals surface area contributed by atoms with E-state index >= 15 is 0 Å². The van der Waals surface area contributed by atoms with Gasteiger partial charge in [-0.15, -0.1) is 11.3 Å². The second kappa shape index (κ2) is 9.79. The molecule has 1 aromatic heterocycles. The molecule has 0 saturated carbocycles. The highest BCUT2D eigenvalue weighted by Crippen LogP contribution is 2.30. The largest absolute Gasteiger partial charge is 0.493 e. The van der Waals surface area contributed by atoms with E-state index in [1.54, 1.807) is 0 Å². The van der Waals surface area contributed by atoms with Crippen molar-refractivity contribution in [1.82, 2.24) is 4.98 Å². The van der Waals surface area contributed by atoms with Crippen LogP contribution in [0.15, 0.2) is 60.0 Å². The third kappa shape index (κ3) is 5.86. The number of alkyl halides is 2. The maximum Gasteiger partial charge on any atom is 0.387 e. The molecular formula is C21H17F2NO4S. The second-order valence-corrected chi connectivity index (χ2v) is 6.60. The molecule has 1 heterocycles. The highest BCUT2D eigenvalue weighted by molar-refractivity contribution is 7.13. The highest BCUT2D eigenvalue weighted by Gasteiger charge is 2.11. The summed E-state index contributed by atoms with van der Waals surface area (Å²) in [4.78, 5) is 16.4. The van der Waals surface area contributed by atoms with Crippen molar-refractivity contribution < 1.29 is 27.8 Å². The molecule has 0 aliphatic heterocycles. The number of nitrogens with zero attached hydrogens (tertiary/aromatic N) is 1. The maximum absolute atomic E-state index is 12.4. The molecule has 0 saturated heterocycles. The zero-order valence-electron chi connectivity index (χ0n) is 15.4. The first-order valence-electron chi connectivity index (χ1n) is 8.52. The van der Waals surface area contributed by atoms with Crippen molar-refractivity contribution in [3.05, 3.63) is 71.2 Å². The number of hydrogen-bond acceptors (Lipinski definition) is 6. The number of methoxy groups -OCH3 is 1. The fraction of sp³-hybridized carbons (Fsp3) is 0.143. The van der Waals surface area contributed by atoms with Gasteiger partial charge in [0.15, 0.2) is 11.5 Å². The van der Waals surface area contributed by atoms with Crippen LogP contribution in [0.2, 0.25) is 0 Å². The molecule has 3 aromatic rings. The van der Waals surface area contributed by atoms with Crippen LogP contribution in [0, 0.1) is 0 Å². The van der Waals surface area contributed by atoms with Crippen molar-refractivity contribution in [2.45, 2.75) is 13.2 Å². The average Bonchev–Trinajstić information content (AvgIpc) is 3.21. The van der Waals surface area contributed by atoms with E-state index in [0.29, 0.717) is 11.3 Å². The van der Waals surface area contributed by atoms with Gasteiger partial charge in [-0.3, -0.25) is 0 Å². The van der Waals surface area contributed by atoms with Gasteiger partial charge in [-0.1, -0.05) is 36.4 Å². The first-order valence-corrected chi connectivity index (χ1v) is 9.40. The minimum Gasteiger partial charge on any atom is -0.493 e. The number of rotatable bonds is 8. The Labute approximate surface area is 170 Å². The quantitative estimate of drug-likeness (QED) is 0.374. The summed E-state index contributed by atoms with van der Waals surface area (Å²) in [7, 11) is 1.34. The number of ether oxygens (including phenoxy) is 3. The molecule has 0 atom stereocenters. The number of carbonyl (C=O) groups is 1. The van der Waals surface area contributed by atoms with Crippen LogP contribution in [0.5, 0.6) is 11.5 Å². The SMILES string of the molecule is COc1cc(/C=C/C(=O)OCc2csc(-c3ccccc3)n2)ccc1OC(F)F. The fourth-order valence-corrected chi connectivity index (χ4v) is 3.24. The average molecular weight is 417 g/mol. The lowest BCUT2D eigenvalue weighted by Gasteiger charge is -2.10. The third-order valence-electron chi connectivity index (χ3n) is 3.75. The molecule has 0 radical (unpaired) electrons. The van der Waals surface area contributed by atoms with Crippen molar-refractivity contribution >= 4 is 23.4 Å². The molecule has 8 heteroatoms. The predicted octanol–water partition coefficient (Wildman–Crippen LogP) is 5.18. The third-order valence-corrected chi connectivity index (χ3v) is 4.69. The molecular weight excluding hydrogens is 400 g/mol. The molecule has 2 aromatic carbocycles. The van der Waals surface area contributed by atoms with Gasteiger partial charge < -0.3 is 14.2 Å². The lowest BCUT2D eigenvalue weighted by atomic mass is 10.2. The Hall–Kier alpha value is -3.26. The van der Waals surface area contributed by atoms with Gasteiger partial charge in [0.05, 0.1) is 12.8 Å². The molecule has 0 unspecified atom stereocenters. The summed E-state index contributed by atoms with van der Waals surface area (Å²) < 4.78 is 39.3. The zero-order chi connectivity index (χ0) is 20.6. The van der Waals surface area contributed by atoms with Gasteiger partial charge in [0.2, 0.25) is 0 Å². The second-order valence-electron chi connectivity index (χ2n) is 5.74. The minimum atomic E-state index is -2.95. The summed E-state index contributed by atoms with van der Waals surface area (Å²) >= 11 is 1.47. The fourth-order valence-electron chi connectivity index (χ4n) is 2.43. The van der Waals surface area contributed by atoms with Crippen LogP contribution in [0.3, 0.4) is 0 Å². The molecule has 0 aliphatic carbocycles. The molecule has 0 N–H and O–H groups in total. The highest BCUT2D eigenvalue weighted by atomic mass is 32.1. The number of carbonyl (C=O) groups excluding carboxylic acids is 1. The maximum atomic E-state index is 12.4. The van der Waals surface area contributed by atoms with Gasteiger partial charge in [-0.2, -0.15) is 8.78 Å². The van der Waals surface area contributed by atoms with E-state index < -0.39 is 12.6 Å². The van der Waals surface area contributed by atoms with Crippen molar-refractivity contribution in [2.24, 2.45) is 0 Å². The van der Waals surface area contributed by atoms with Crippen LogP contribution in [-0.2, 0) is 16.1 Å². The smallest absolute Gasteiger partial charge is 0.387 e. The first kappa shape index (κ1) is 20.5. The molecule has 0 spiro atoms. The summed E-state index contributed by atoms with van der Waals surface area (Å²) in [5.74, 6) is -0.497. The van der Waals surface area contributed by atoms with Crippen molar-refractivity contribution in [2.75, 3.05) is 7.11 Å². The lowest BCUT2D eigenvalue weighted by Crippen LogP contribution is -2.03. The molecule has 0 aliphatic rings. The van der Waals surface area contributed by atoms with E-state index in [2.05, 4.69) is 9.72 Å². The van der Waals surface area contributed by atoms with E-state index in [4.69, 9.17) is 9.47 Å². The Kier molecular flexibility index (Phi) is 6.91. The number of aromatic nitrogens is 1. The minimum absolute atomic E-state index is 0.0526. The van der Waals surface area contributed by atoms with Crippen LogP contribution in [0.4, 0.5) is 8.78 Å². The molecule has 0 amide bonds. The van der Waals surface area contributed by atoms with Gasteiger partial charge in [0.25, 0.3) is 0 Å². The van der Waals surface area contributed by atoms with Crippen LogP contribution < -0.4 is 9.47 Å². The monoisotopic (exact) mass is 417 g/mol. The topological polar surface area (TPSA) is 57.7 Å². The van der Waals surface area contributed by atoms with E-state index in [9.17, 15) is 13.6 Å². The van der Waals surface area contributed by atoms with E-state index in [-0.39, 0.29) is 18.1 Å². The Morgan fingerprint density at radius 2 is 1.97 bits per heavy atom. The molecule has 3 rings (SSSR count). The lowest BCUT2D eigenvalue weighted by molar-refractivity contribution is -0.139. The van der Waals surface area contributed by atoms with Gasteiger partial charge in [0, 0.05) is 17.0 Å². The standard InChI is InChI=1S/C21H17F2NO4S/c1-26-18-11-14(7-9-17(18)28-21(22)23)8-10-19(25)27-12-16-13-29-20(24-16)15-5-3-2-4-6-15/h2-11,13,21H,12H2,1H3/b10-8+. The number of halogens is 2. The number of thiazole rings is 1. The number of benzene rings is 2. The normalized spacial score (nSPS) is 11.0. The van der Waals surface area contributed by atoms with Crippen molar-refractivity contribution in [3.8, 4) is 22.1 Å². The Morgan fingerprint density at radius 1 is 1.17 bits per heavy atom. The Balaban J connectivity index is 1.57. The molecule has 0 bridgehead atoms. The number of esters is 1. The molecule has 29 heavy (non-hydrogen) atoms. The van der Waals surface area contributed by atoms with E-state index in [1.807, 2.05) is 35.7 Å². The summed E-state index contributed by atoms with van der Waals surface area (Å²) in [6.07, 6.45) is 2.74. The van der Waals surface area contributed by atoms with Crippen LogP contribution in [0.25, 0.3) is 16.6 Å². The van der Waals surface area contributed by atoms with Gasteiger partial charge in [-0.25, -0.2) is 9.78 Å². The van der Waals surface area contributed by atoms with Crippen LogP contribution >= 0.6 is 11.3 Å². The summed E-state index contributed by atoms with van der Waals surface area (Å²) in [5, 5.41) is 2.69. The van der Waals surface area contributed by atoms with Gasteiger partial charge >= 0.3 is 12.6 Å². The van der Waals surface area contributed by atoms with Crippen molar-refractivity contribution in [1.29, 1.82) is 0 Å². The Bertz CT molecular complexity index is 989. The van der Waals surface area contributed by atoms with Crippen LogP contribution in [-0.4, -0.2) is 24.7 Å². The number of hydrogen-bond donors (Lipinski definition) is 0. The van der Waals surface area contributed by atoms with Crippen LogP contribution in [0.1, 0.15) is 11.3 Å². The summed E-state index contributed by atoms with van der Waals surface area (Å²) in [5.41, 5.74) is 2.23. The van der Waals surface area contributed by atoms with Gasteiger partial charge in [-0.05, 0) is 23.8 Å². The molecule has 0 fully saturated rings. The van der Waals surface area contributed by atoms with E-state index in [1.165, 1.54) is 48.8 Å². The zero-order valence-corrected chi connectivity index (χ0v) is 16.2. The summed E-state index contributed by atoms with van der Waals surface area (Å²) in [6.45, 7) is -2.90. The summed E-state index contributed by atoms with van der Waals surface area (Å²) in [6, 6.07) is 14.1. The molecule has 5 nitrogen and oxygen atoms in total. The molecule has 150 valence electrons. The predicted molar refractivity (Wildman–Crippen MR) is 106 cm³/mol.